The number of fused-ring (bicyclic) bond motifs is 1. The molecule has 2 heterocycles. The third kappa shape index (κ3) is 4.91. The summed E-state index contributed by atoms with van der Waals surface area (Å²) in [5.41, 5.74) is 4.56. The van der Waals surface area contributed by atoms with Gasteiger partial charge >= 0.3 is 0 Å². The molecule has 0 bridgehead atoms. The molecule has 0 saturated carbocycles. The molecule has 2 N–H and O–H groups in total. The summed E-state index contributed by atoms with van der Waals surface area (Å²) in [5, 5.41) is 20.2. The number of benzene rings is 3. The minimum atomic E-state index is -0.390. The molecule has 5 rings (SSSR count). The number of rotatable bonds is 7. The second-order valence-corrected chi connectivity index (χ2v) is 9.80. The molecule has 5 nitrogen and oxygen atoms in total. The van der Waals surface area contributed by atoms with Crippen molar-refractivity contribution in [3.8, 4) is 23.0 Å². The number of aromatic hydroxyl groups is 2. The molecule has 0 aliphatic carbocycles. The van der Waals surface area contributed by atoms with Crippen molar-refractivity contribution in [1.82, 2.24) is 4.90 Å². The summed E-state index contributed by atoms with van der Waals surface area (Å²) in [6.07, 6.45) is 0.521. The van der Waals surface area contributed by atoms with Crippen molar-refractivity contribution in [1.29, 1.82) is 0 Å². The molecule has 0 spiro atoms. The predicted molar refractivity (Wildman–Crippen MR) is 139 cm³/mol. The monoisotopic (exact) mass is 489 g/mol. The van der Waals surface area contributed by atoms with Crippen LogP contribution < -0.4 is 9.47 Å². The lowest BCUT2D eigenvalue weighted by atomic mass is 9.86. The number of likely N-dealkylation sites (tertiary alicyclic amines) is 1. The van der Waals surface area contributed by atoms with Crippen LogP contribution in [0.3, 0.4) is 0 Å². The Balaban J connectivity index is 1.38. The summed E-state index contributed by atoms with van der Waals surface area (Å²) in [5.74, 6) is 1.98. The quantitative estimate of drug-likeness (QED) is 0.413. The maximum Gasteiger partial charge on any atom is 0.150 e. The van der Waals surface area contributed by atoms with E-state index in [0.717, 1.165) is 53.1 Å². The van der Waals surface area contributed by atoms with Gasteiger partial charge in [0.2, 0.25) is 0 Å². The standard InChI is InChI=1S/C30H32FNO4/c1-19(32-13-12-21(16-31)17-32)18-35-26-9-6-22(7-10-26)30-29(23-4-3-5-24(33)14-23)20(2)27-15-25(34)8-11-28(27)36-30/h3-11,14-15,19,21,30,33-34H,12-13,16-18H2,1-2H3/t19?,21?,30-/m1/s1. The van der Waals surface area contributed by atoms with Gasteiger partial charge in [-0.3, -0.25) is 9.29 Å². The highest BCUT2D eigenvalue weighted by atomic mass is 19.1. The van der Waals surface area contributed by atoms with E-state index < -0.39 is 0 Å². The summed E-state index contributed by atoms with van der Waals surface area (Å²) in [6, 6.07) is 20.4. The third-order valence-electron chi connectivity index (χ3n) is 7.27. The number of alkyl halides is 1. The topological polar surface area (TPSA) is 62.2 Å². The summed E-state index contributed by atoms with van der Waals surface area (Å²) in [4.78, 5) is 2.29. The SMILES string of the molecule is CC1=C(c2cccc(O)c2)[C@@H](c2ccc(OCC(C)N3CCC(CF)C3)cc2)Oc2ccc(O)cc21. The van der Waals surface area contributed by atoms with Crippen LogP contribution >= 0.6 is 0 Å². The first-order chi connectivity index (χ1) is 17.4. The fourth-order valence-corrected chi connectivity index (χ4v) is 5.17. The molecular formula is C30H32FNO4. The number of hydrogen-bond acceptors (Lipinski definition) is 5. The molecule has 2 aliphatic rings. The van der Waals surface area contributed by atoms with Crippen molar-refractivity contribution in [3.63, 3.8) is 0 Å². The van der Waals surface area contributed by atoms with E-state index in [1.165, 1.54) is 0 Å². The zero-order valence-corrected chi connectivity index (χ0v) is 20.7. The largest absolute Gasteiger partial charge is 0.508 e. The van der Waals surface area contributed by atoms with E-state index in [0.29, 0.717) is 12.4 Å². The summed E-state index contributed by atoms with van der Waals surface area (Å²) < 4.78 is 25.5. The minimum absolute atomic E-state index is 0.147. The molecule has 3 atom stereocenters. The maximum atomic E-state index is 13.0. The predicted octanol–water partition coefficient (Wildman–Crippen LogP) is 6.22. The van der Waals surface area contributed by atoms with Crippen molar-refractivity contribution in [2.75, 3.05) is 26.4 Å². The van der Waals surface area contributed by atoms with Crippen LogP contribution in [0.25, 0.3) is 11.1 Å². The van der Waals surface area contributed by atoms with Gasteiger partial charge in [-0.15, -0.1) is 0 Å². The van der Waals surface area contributed by atoms with Crippen LogP contribution in [0.15, 0.2) is 66.7 Å². The molecule has 2 aliphatic heterocycles. The average molecular weight is 490 g/mol. The van der Waals surface area contributed by atoms with Crippen LogP contribution in [0.4, 0.5) is 4.39 Å². The zero-order chi connectivity index (χ0) is 25.2. The Morgan fingerprint density at radius 1 is 1.06 bits per heavy atom. The second-order valence-electron chi connectivity index (χ2n) is 9.80. The van der Waals surface area contributed by atoms with Gasteiger partial charge in [0.05, 0.1) is 6.67 Å². The number of hydrogen-bond donors (Lipinski definition) is 2. The first-order valence-corrected chi connectivity index (χ1v) is 12.5. The van der Waals surface area contributed by atoms with Crippen LogP contribution in [-0.2, 0) is 0 Å². The summed E-state index contributed by atoms with van der Waals surface area (Å²) in [6.45, 7) is 6.14. The minimum Gasteiger partial charge on any atom is -0.508 e. The third-order valence-corrected chi connectivity index (χ3v) is 7.27. The Bertz CT molecular complexity index is 1260. The van der Waals surface area contributed by atoms with Gasteiger partial charge in [-0.25, -0.2) is 0 Å². The number of nitrogens with zero attached hydrogens (tertiary/aromatic N) is 1. The fourth-order valence-electron chi connectivity index (χ4n) is 5.17. The molecule has 1 saturated heterocycles. The van der Waals surface area contributed by atoms with Gasteiger partial charge in [0, 0.05) is 29.6 Å². The lowest BCUT2D eigenvalue weighted by Crippen LogP contribution is -2.35. The molecule has 0 radical (unpaired) electrons. The van der Waals surface area contributed by atoms with Gasteiger partial charge in [-0.1, -0.05) is 24.3 Å². The van der Waals surface area contributed by atoms with E-state index in [4.69, 9.17) is 9.47 Å². The van der Waals surface area contributed by atoms with Gasteiger partial charge in [-0.2, -0.15) is 0 Å². The van der Waals surface area contributed by atoms with Crippen molar-refractivity contribution >= 4 is 11.1 Å². The molecule has 1 fully saturated rings. The fraction of sp³-hybridized carbons (Fsp3) is 0.333. The maximum absolute atomic E-state index is 13.0. The first-order valence-electron chi connectivity index (χ1n) is 12.5. The van der Waals surface area contributed by atoms with Gasteiger partial charge in [0.15, 0.2) is 0 Å². The Labute approximate surface area is 211 Å². The molecule has 188 valence electrons. The number of halogens is 1. The van der Waals surface area contributed by atoms with E-state index >= 15 is 0 Å². The van der Waals surface area contributed by atoms with Crippen LogP contribution in [0.2, 0.25) is 0 Å². The van der Waals surface area contributed by atoms with Crippen LogP contribution in [-0.4, -0.2) is 47.5 Å². The highest BCUT2D eigenvalue weighted by Crippen LogP contribution is 2.47. The van der Waals surface area contributed by atoms with Crippen molar-refractivity contribution in [2.45, 2.75) is 32.4 Å². The van der Waals surface area contributed by atoms with E-state index in [9.17, 15) is 14.6 Å². The van der Waals surface area contributed by atoms with Crippen LogP contribution in [0, 0.1) is 5.92 Å². The van der Waals surface area contributed by atoms with Crippen molar-refractivity contribution < 1.29 is 24.1 Å². The molecule has 0 aromatic heterocycles. The van der Waals surface area contributed by atoms with Crippen LogP contribution in [0.1, 0.15) is 43.1 Å². The number of ether oxygens (including phenoxy) is 2. The normalized spacial score (nSPS) is 20.6. The Hall–Kier alpha value is -3.51. The summed E-state index contributed by atoms with van der Waals surface area (Å²) in [7, 11) is 0. The van der Waals surface area contributed by atoms with E-state index in [-0.39, 0.29) is 36.2 Å². The first kappa shape index (κ1) is 24.2. The lowest BCUT2D eigenvalue weighted by molar-refractivity contribution is 0.165. The van der Waals surface area contributed by atoms with Crippen molar-refractivity contribution in [3.05, 3.63) is 83.4 Å². The van der Waals surface area contributed by atoms with E-state index in [1.54, 1.807) is 30.3 Å². The lowest BCUT2D eigenvalue weighted by Gasteiger charge is -2.31. The van der Waals surface area contributed by atoms with Crippen LogP contribution in [0.5, 0.6) is 23.0 Å². The number of allylic oxidation sites excluding steroid dienone is 1. The highest BCUT2D eigenvalue weighted by molar-refractivity contribution is 5.95. The molecule has 36 heavy (non-hydrogen) atoms. The van der Waals surface area contributed by atoms with Gasteiger partial charge < -0.3 is 19.7 Å². The Morgan fingerprint density at radius 2 is 1.83 bits per heavy atom. The number of phenolic OH excluding ortho intramolecular Hbond substituents is 2. The molecule has 2 unspecified atom stereocenters. The Kier molecular flexibility index (Phi) is 6.88. The molecule has 0 amide bonds. The average Bonchev–Trinajstić information content (AvgIpc) is 3.37. The highest BCUT2D eigenvalue weighted by Gasteiger charge is 2.30. The van der Waals surface area contributed by atoms with Gasteiger partial charge in [0.1, 0.15) is 35.7 Å². The zero-order valence-electron chi connectivity index (χ0n) is 20.7. The number of phenols is 2. The molecule has 3 aromatic carbocycles. The Morgan fingerprint density at radius 3 is 2.56 bits per heavy atom. The second kappa shape index (κ2) is 10.2. The molecular weight excluding hydrogens is 457 g/mol. The van der Waals surface area contributed by atoms with E-state index in [1.807, 2.05) is 43.3 Å². The van der Waals surface area contributed by atoms with E-state index in [2.05, 4.69) is 11.8 Å². The summed E-state index contributed by atoms with van der Waals surface area (Å²) >= 11 is 0. The molecule has 6 heteroatoms. The van der Waals surface area contributed by atoms with Gasteiger partial charge in [-0.05, 0) is 86.0 Å². The van der Waals surface area contributed by atoms with Crippen molar-refractivity contribution in [2.24, 2.45) is 5.92 Å². The van der Waals surface area contributed by atoms with Gasteiger partial charge in [0.25, 0.3) is 0 Å². The molecule has 3 aromatic rings. The smallest absolute Gasteiger partial charge is 0.150 e.